The minimum Gasteiger partial charge on any atom is -0.495 e. The highest BCUT2D eigenvalue weighted by molar-refractivity contribution is 6.31. The number of aryl methyl sites for hydroxylation is 1. The lowest BCUT2D eigenvalue weighted by atomic mass is 9.86. The third kappa shape index (κ3) is 5.13. The number of methoxy groups -OCH3 is 1. The number of halogens is 1. The number of amides is 2. The average Bonchev–Trinajstić information content (AvgIpc) is 3.02. The summed E-state index contributed by atoms with van der Waals surface area (Å²) in [6.45, 7) is 8.77. The van der Waals surface area contributed by atoms with Crippen molar-refractivity contribution in [3.8, 4) is 5.75 Å². The van der Waals surface area contributed by atoms with Crippen LogP contribution in [0, 0.1) is 12.3 Å². The summed E-state index contributed by atoms with van der Waals surface area (Å²) < 4.78 is 7.25. The van der Waals surface area contributed by atoms with Gasteiger partial charge < -0.3 is 19.9 Å². The number of nitrogens with one attached hydrogen (secondary N) is 2. The van der Waals surface area contributed by atoms with Gasteiger partial charge in [-0.1, -0.05) is 32.4 Å². The molecule has 1 heterocycles. The molecule has 0 aliphatic heterocycles. The fourth-order valence-electron chi connectivity index (χ4n) is 2.39. The number of carbonyl (C=O) groups excluding carboxylic acids is 1. The molecule has 1 atom stereocenters. The van der Waals surface area contributed by atoms with Crippen molar-refractivity contribution in [1.29, 1.82) is 0 Å². The van der Waals surface area contributed by atoms with E-state index in [0.717, 1.165) is 5.56 Å². The van der Waals surface area contributed by atoms with Gasteiger partial charge in [0.2, 0.25) is 0 Å². The Labute approximate surface area is 153 Å². The molecule has 0 aliphatic rings. The third-order valence-electron chi connectivity index (χ3n) is 4.03. The summed E-state index contributed by atoms with van der Waals surface area (Å²) in [5.41, 5.74) is 1.32. The zero-order valence-corrected chi connectivity index (χ0v) is 16.0. The van der Waals surface area contributed by atoms with Crippen LogP contribution in [0.2, 0.25) is 5.02 Å². The molecule has 1 aromatic heterocycles. The molecule has 25 heavy (non-hydrogen) atoms. The first-order valence-electron chi connectivity index (χ1n) is 8.08. The van der Waals surface area contributed by atoms with E-state index in [2.05, 4.69) is 36.4 Å². The molecule has 0 bridgehead atoms. The molecule has 2 N–H and O–H groups in total. The highest BCUT2D eigenvalue weighted by atomic mass is 35.5. The minimum absolute atomic E-state index is 0.0823. The number of imidazole rings is 1. The maximum absolute atomic E-state index is 12.5. The second kappa shape index (κ2) is 7.78. The Kier molecular flexibility index (Phi) is 5.95. The summed E-state index contributed by atoms with van der Waals surface area (Å²) in [6, 6.07) is 3.11. The van der Waals surface area contributed by atoms with Gasteiger partial charge >= 0.3 is 6.03 Å². The number of anilines is 1. The number of hydrogen-bond acceptors (Lipinski definition) is 3. The van der Waals surface area contributed by atoms with E-state index in [1.807, 2.05) is 17.7 Å². The highest BCUT2D eigenvalue weighted by Crippen LogP contribution is 2.31. The van der Waals surface area contributed by atoms with Crippen LogP contribution in [0.4, 0.5) is 10.5 Å². The number of benzene rings is 1. The van der Waals surface area contributed by atoms with E-state index in [0.29, 0.717) is 23.0 Å². The molecule has 6 nitrogen and oxygen atoms in total. The van der Waals surface area contributed by atoms with E-state index in [-0.39, 0.29) is 17.5 Å². The Bertz CT molecular complexity index is 723. The van der Waals surface area contributed by atoms with Crippen LogP contribution in [0.15, 0.2) is 30.9 Å². The summed E-state index contributed by atoms with van der Waals surface area (Å²) in [7, 11) is 1.54. The SMILES string of the molecule is COc1cc(Cl)c(C)cc1NC(=O)N[C@@H](Cn1ccnc1)C(C)(C)C. The standard InChI is InChI=1S/C18H25ClN4O2/c1-12-8-14(15(25-5)9-13(12)19)21-17(24)22-16(18(2,3)4)10-23-7-6-20-11-23/h6-9,11,16H,10H2,1-5H3,(H2,21,22,24)/t16-/m0/s1. The third-order valence-corrected chi connectivity index (χ3v) is 4.44. The lowest BCUT2D eigenvalue weighted by Crippen LogP contribution is -2.47. The molecule has 2 rings (SSSR count). The Morgan fingerprint density at radius 2 is 2.12 bits per heavy atom. The first-order valence-corrected chi connectivity index (χ1v) is 8.46. The van der Waals surface area contributed by atoms with Crippen molar-refractivity contribution in [3.63, 3.8) is 0 Å². The highest BCUT2D eigenvalue weighted by Gasteiger charge is 2.27. The number of ether oxygens (including phenoxy) is 1. The molecule has 2 amide bonds. The van der Waals surface area contributed by atoms with Crippen LogP contribution in [0.5, 0.6) is 5.75 Å². The van der Waals surface area contributed by atoms with Gasteiger partial charge in [-0.15, -0.1) is 0 Å². The van der Waals surface area contributed by atoms with Gasteiger partial charge in [0.05, 0.1) is 25.2 Å². The molecule has 1 aromatic carbocycles. The largest absolute Gasteiger partial charge is 0.495 e. The zero-order valence-electron chi connectivity index (χ0n) is 15.3. The van der Waals surface area contributed by atoms with Crippen LogP contribution in [-0.4, -0.2) is 28.7 Å². The van der Waals surface area contributed by atoms with E-state index in [1.165, 1.54) is 0 Å². The maximum atomic E-state index is 12.5. The maximum Gasteiger partial charge on any atom is 0.319 e. The van der Waals surface area contributed by atoms with E-state index >= 15 is 0 Å². The van der Waals surface area contributed by atoms with Crippen LogP contribution in [0.25, 0.3) is 0 Å². The molecular weight excluding hydrogens is 340 g/mol. The van der Waals surface area contributed by atoms with Crippen molar-refractivity contribution in [2.75, 3.05) is 12.4 Å². The van der Waals surface area contributed by atoms with Crippen LogP contribution < -0.4 is 15.4 Å². The first kappa shape index (κ1) is 19.1. The van der Waals surface area contributed by atoms with Crippen LogP contribution in [0.1, 0.15) is 26.3 Å². The van der Waals surface area contributed by atoms with Crippen LogP contribution >= 0.6 is 11.6 Å². The zero-order chi connectivity index (χ0) is 18.6. The van der Waals surface area contributed by atoms with Crippen LogP contribution in [0.3, 0.4) is 0 Å². The molecule has 2 aromatic rings. The van der Waals surface area contributed by atoms with Crippen LogP contribution in [-0.2, 0) is 6.54 Å². The Morgan fingerprint density at radius 3 is 2.68 bits per heavy atom. The summed E-state index contributed by atoms with van der Waals surface area (Å²) in [6.07, 6.45) is 5.34. The molecule has 0 radical (unpaired) electrons. The Morgan fingerprint density at radius 1 is 1.40 bits per heavy atom. The van der Waals surface area contributed by atoms with Crippen molar-refractivity contribution in [2.24, 2.45) is 5.41 Å². The van der Waals surface area contributed by atoms with E-state index in [1.54, 1.807) is 31.8 Å². The molecule has 0 unspecified atom stereocenters. The van der Waals surface area contributed by atoms with Gasteiger partial charge in [0.15, 0.2) is 0 Å². The van der Waals surface area contributed by atoms with Gasteiger partial charge in [-0.2, -0.15) is 0 Å². The van der Waals surface area contributed by atoms with Gasteiger partial charge in [-0.25, -0.2) is 9.78 Å². The second-order valence-electron chi connectivity index (χ2n) is 7.08. The first-order chi connectivity index (χ1) is 11.7. The van der Waals surface area contributed by atoms with E-state index < -0.39 is 0 Å². The average molecular weight is 365 g/mol. The number of nitrogens with zero attached hydrogens (tertiary/aromatic N) is 2. The monoisotopic (exact) mass is 364 g/mol. The minimum atomic E-state index is -0.292. The van der Waals surface area contributed by atoms with Gasteiger partial charge in [-0.05, 0) is 24.0 Å². The van der Waals surface area contributed by atoms with E-state index in [9.17, 15) is 4.79 Å². The molecule has 0 aliphatic carbocycles. The van der Waals surface area contributed by atoms with Crippen molar-refractivity contribution >= 4 is 23.3 Å². The fourth-order valence-corrected chi connectivity index (χ4v) is 2.54. The van der Waals surface area contributed by atoms with E-state index in [4.69, 9.17) is 16.3 Å². The summed E-state index contributed by atoms with van der Waals surface area (Å²) in [4.78, 5) is 16.6. The molecular formula is C18H25ClN4O2. The normalized spacial score (nSPS) is 12.6. The lowest BCUT2D eigenvalue weighted by molar-refractivity contribution is 0.218. The molecule has 0 saturated carbocycles. The summed E-state index contributed by atoms with van der Waals surface area (Å²) in [5.74, 6) is 0.521. The molecule has 0 spiro atoms. The Hall–Kier alpha value is -2.21. The quantitative estimate of drug-likeness (QED) is 0.839. The number of hydrogen-bond donors (Lipinski definition) is 2. The molecule has 0 fully saturated rings. The smallest absolute Gasteiger partial charge is 0.319 e. The second-order valence-corrected chi connectivity index (χ2v) is 7.49. The van der Waals surface area contributed by atoms with Gasteiger partial charge in [-0.3, -0.25) is 0 Å². The predicted octanol–water partition coefficient (Wildman–Crippen LogP) is 4.09. The van der Waals surface area contributed by atoms with Crippen molar-refractivity contribution in [1.82, 2.24) is 14.9 Å². The number of rotatable bonds is 5. The van der Waals surface area contributed by atoms with Crippen molar-refractivity contribution in [3.05, 3.63) is 41.4 Å². The molecule has 7 heteroatoms. The Balaban J connectivity index is 2.12. The van der Waals surface area contributed by atoms with Gasteiger partial charge in [0.1, 0.15) is 5.75 Å². The topological polar surface area (TPSA) is 68.2 Å². The van der Waals surface area contributed by atoms with Crippen molar-refractivity contribution < 1.29 is 9.53 Å². The lowest BCUT2D eigenvalue weighted by Gasteiger charge is -2.31. The molecule has 0 saturated heterocycles. The summed E-state index contributed by atoms with van der Waals surface area (Å²) in [5, 5.41) is 6.49. The van der Waals surface area contributed by atoms with Gasteiger partial charge in [0.25, 0.3) is 0 Å². The van der Waals surface area contributed by atoms with Crippen molar-refractivity contribution in [2.45, 2.75) is 40.3 Å². The number of carbonyl (C=O) groups is 1. The number of urea groups is 1. The summed E-state index contributed by atoms with van der Waals surface area (Å²) >= 11 is 6.11. The predicted molar refractivity (Wildman–Crippen MR) is 100 cm³/mol. The number of aromatic nitrogens is 2. The fraction of sp³-hybridized carbons (Fsp3) is 0.444. The molecule has 136 valence electrons. The van der Waals surface area contributed by atoms with Gasteiger partial charge in [0, 0.05) is 30.0 Å².